The number of rotatable bonds is 5. The number of anilines is 1. The molecule has 0 unspecified atom stereocenters. The third kappa shape index (κ3) is 3.39. The SMILES string of the molecule is Nc1ccc(Cc2nccc(Cc3cc(C4CC4)n[nH]3)n2)cc1. The lowest BCUT2D eigenvalue weighted by Crippen LogP contribution is -2.01. The van der Waals surface area contributed by atoms with Crippen LogP contribution in [0.15, 0.2) is 42.6 Å². The molecule has 1 aliphatic rings. The molecule has 4 rings (SSSR count). The van der Waals surface area contributed by atoms with E-state index in [1.165, 1.54) is 18.5 Å². The highest BCUT2D eigenvalue weighted by Crippen LogP contribution is 2.39. The van der Waals surface area contributed by atoms with Crippen molar-refractivity contribution in [1.82, 2.24) is 20.2 Å². The van der Waals surface area contributed by atoms with Crippen molar-refractivity contribution >= 4 is 5.69 Å². The normalized spacial score (nSPS) is 14.1. The molecule has 1 fully saturated rings. The van der Waals surface area contributed by atoms with Gasteiger partial charge in [-0.1, -0.05) is 12.1 Å². The van der Waals surface area contributed by atoms with E-state index in [0.717, 1.165) is 34.9 Å². The quantitative estimate of drug-likeness (QED) is 0.710. The lowest BCUT2D eigenvalue weighted by molar-refractivity contribution is 0.892. The van der Waals surface area contributed by atoms with Gasteiger partial charge in [0.1, 0.15) is 5.82 Å². The Morgan fingerprint density at radius 1 is 1.09 bits per heavy atom. The molecule has 0 amide bonds. The summed E-state index contributed by atoms with van der Waals surface area (Å²) in [5, 5.41) is 7.52. The second kappa shape index (κ2) is 5.83. The van der Waals surface area contributed by atoms with E-state index < -0.39 is 0 Å². The van der Waals surface area contributed by atoms with Gasteiger partial charge in [-0.05, 0) is 42.7 Å². The van der Waals surface area contributed by atoms with Crippen LogP contribution in [0, 0.1) is 0 Å². The second-order valence-corrected chi connectivity index (χ2v) is 6.15. The molecule has 0 radical (unpaired) electrons. The molecule has 5 nitrogen and oxygen atoms in total. The first-order valence-electron chi connectivity index (χ1n) is 7.96. The van der Waals surface area contributed by atoms with E-state index in [9.17, 15) is 0 Å². The highest BCUT2D eigenvalue weighted by molar-refractivity contribution is 5.39. The standard InChI is InChI=1S/C18H19N5/c19-14-5-1-12(2-6-14)9-18-20-8-7-15(21-18)10-16-11-17(23-22-16)13-3-4-13/h1-2,5-8,11,13H,3-4,9-10,19H2,(H,22,23). The van der Waals surface area contributed by atoms with Crippen molar-refractivity contribution in [3.8, 4) is 0 Å². The summed E-state index contributed by atoms with van der Waals surface area (Å²) >= 11 is 0. The van der Waals surface area contributed by atoms with E-state index in [4.69, 9.17) is 5.73 Å². The second-order valence-electron chi connectivity index (χ2n) is 6.15. The maximum Gasteiger partial charge on any atom is 0.132 e. The van der Waals surface area contributed by atoms with Gasteiger partial charge in [0.25, 0.3) is 0 Å². The van der Waals surface area contributed by atoms with E-state index in [1.807, 2.05) is 36.5 Å². The lowest BCUT2D eigenvalue weighted by atomic mass is 10.1. The van der Waals surface area contributed by atoms with Crippen LogP contribution in [0.25, 0.3) is 0 Å². The predicted octanol–water partition coefficient (Wildman–Crippen LogP) is 2.84. The van der Waals surface area contributed by atoms with Crippen LogP contribution in [-0.2, 0) is 12.8 Å². The van der Waals surface area contributed by atoms with Crippen molar-refractivity contribution < 1.29 is 0 Å². The average Bonchev–Trinajstić information content (AvgIpc) is 3.30. The van der Waals surface area contributed by atoms with E-state index in [0.29, 0.717) is 12.3 Å². The van der Waals surface area contributed by atoms with E-state index in [2.05, 4.69) is 26.2 Å². The molecule has 1 aliphatic carbocycles. The molecule has 0 spiro atoms. The number of hydrogen-bond acceptors (Lipinski definition) is 4. The molecule has 0 aliphatic heterocycles. The number of nitrogens with two attached hydrogens (primary N) is 1. The minimum atomic E-state index is 0.673. The van der Waals surface area contributed by atoms with Gasteiger partial charge in [-0.25, -0.2) is 9.97 Å². The smallest absolute Gasteiger partial charge is 0.132 e. The minimum Gasteiger partial charge on any atom is -0.399 e. The van der Waals surface area contributed by atoms with E-state index in [-0.39, 0.29) is 0 Å². The van der Waals surface area contributed by atoms with Crippen LogP contribution in [0.2, 0.25) is 0 Å². The summed E-state index contributed by atoms with van der Waals surface area (Å²) < 4.78 is 0. The molecule has 2 heterocycles. The Hall–Kier alpha value is -2.69. The van der Waals surface area contributed by atoms with Crippen molar-refractivity contribution in [3.63, 3.8) is 0 Å². The topological polar surface area (TPSA) is 80.5 Å². The Morgan fingerprint density at radius 2 is 1.91 bits per heavy atom. The summed E-state index contributed by atoms with van der Waals surface area (Å²) in [6.45, 7) is 0. The number of benzene rings is 1. The molecule has 2 aromatic heterocycles. The monoisotopic (exact) mass is 305 g/mol. The van der Waals surface area contributed by atoms with Gasteiger partial charge < -0.3 is 5.73 Å². The van der Waals surface area contributed by atoms with E-state index in [1.54, 1.807) is 0 Å². The Kier molecular flexibility index (Phi) is 3.54. The van der Waals surface area contributed by atoms with Gasteiger partial charge in [0, 0.05) is 36.3 Å². The van der Waals surface area contributed by atoms with Gasteiger partial charge in [-0.2, -0.15) is 5.10 Å². The van der Waals surface area contributed by atoms with Crippen molar-refractivity contribution in [2.24, 2.45) is 0 Å². The van der Waals surface area contributed by atoms with Crippen LogP contribution >= 0.6 is 0 Å². The first kappa shape index (κ1) is 13.9. The molecule has 3 aromatic rings. The summed E-state index contributed by atoms with van der Waals surface area (Å²) in [6, 6.07) is 12.0. The maximum absolute atomic E-state index is 5.72. The summed E-state index contributed by atoms with van der Waals surface area (Å²) in [6.07, 6.45) is 5.83. The van der Waals surface area contributed by atoms with Crippen molar-refractivity contribution in [1.29, 1.82) is 0 Å². The molecule has 116 valence electrons. The zero-order valence-electron chi connectivity index (χ0n) is 12.9. The van der Waals surface area contributed by atoms with Crippen LogP contribution < -0.4 is 5.73 Å². The minimum absolute atomic E-state index is 0.673. The number of nitrogens with one attached hydrogen (secondary N) is 1. The van der Waals surface area contributed by atoms with Gasteiger partial charge in [0.05, 0.1) is 11.4 Å². The number of aromatic nitrogens is 4. The van der Waals surface area contributed by atoms with Gasteiger partial charge in [-0.3, -0.25) is 5.10 Å². The van der Waals surface area contributed by atoms with Gasteiger partial charge in [-0.15, -0.1) is 0 Å². The lowest BCUT2D eigenvalue weighted by Gasteiger charge is -2.04. The Labute approximate surface area is 135 Å². The summed E-state index contributed by atoms with van der Waals surface area (Å²) in [5.41, 5.74) is 11.0. The van der Waals surface area contributed by atoms with Crippen LogP contribution in [0.1, 0.15) is 47.2 Å². The van der Waals surface area contributed by atoms with Crippen LogP contribution in [0.5, 0.6) is 0 Å². The zero-order chi connectivity index (χ0) is 15.6. The fourth-order valence-corrected chi connectivity index (χ4v) is 2.70. The predicted molar refractivity (Wildman–Crippen MR) is 89.1 cm³/mol. The first-order valence-corrected chi connectivity index (χ1v) is 7.96. The number of hydrogen-bond donors (Lipinski definition) is 2. The third-order valence-corrected chi connectivity index (χ3v) is 4.12. The number of nitrogen functional groups attached to an aromatic ring is 1. The van der Waals surface area contributed by atoms with E-state index >= 15 is 0 Å². The molecule has 0 saturated heterocycles. The fourth-order valence-electron chi connectivity index (χ4n) is 2.70. The fraction of sp³-hybridized carbons (Fsp3) is 0.278. The first-order chi connectivity index (χ1) is 11.3. The molecule has 0 bridgehead atoms. The number of nitrogens with zero attached hydrogens (tertiary/aromatic N) is 3. The van der Waals surface area contributed by atoms with Gasteiger partial charge in [0.2, 0.25) is 0 Å². The summed E-state index contributed by atoms with van der Waals surface area (Å²) in [4.78, 5) is 9.04. The van der Waals surface area contributed by atoms with Crippen LogP contribution in [-0.4, -0.2) is 20.2 Å². The third-order valence-electron chi connectivity index (χ3n) is 4.12. The number of aromatic amines is 1. The molecule has 1 aromatic carbocycles. The van der Waals surface area contributed by atoms with Crippen molar-refractivity contribution in [2.45, 2.75) is 31.6 Å². The van der Waals surface area contributed by atoms with Crippen molar-refractivity contribution in [3.05, 3.63) is 71.1 Å². The molecule has 5 heteroatoms. The summed E-state index contributed by atoms with van der Waals surface area (Å²) in [5.74, 6) is 1.50. The Morgan fingerprint density at radius 3 is 2.70 bits per heavy atom. The van der Waals surface area contributed by atoms with Gasteiger partial charge >= 0.3 is 0 Å². The Balaban J connectivity index is 1.47. The summed E-state index contributed by atoms with van der Waals surface area (Å²) in [7, 11) is 0. The molecule has 3 N–H and O–H groups in total. The zero-order valence-corrected chi connectivity index (χ0v) is 12.9. The average molecular weight is 305 g/mol. The largest absolute Gasteiger partial charge is 0.399 e. The number of H-pyrrole nitrogens is 1. The highest BCUT2D eigenvalue weighted by Gasteiger charge is 2.26. The molecule has 1 saturated carbocycles. The molecular weight excluding hydrogens is 286 g/mol. The van der Waals surface area contributed by atoms with Crippen molar-refractivity contribution in [2.75, 3.05) is 5.73 Å². The van der Waals surface area contributed by atoms with Gasteiger partial charge in [0.15, 0.2) is 0 Å². The molecular formula is C18H19N5. The van der Waals surface area contributed by atoms with Crippen LogP contribution in [0.3, 0.4) is 0 Å². The van der Waals surface area contributed by atoms with Crippen LogP contribution in [0.4, 0.5) is 5.69 Å². The molecule has 23 heavy (non-hydrogen) atoms. The highest BCUT2D eigenvalue weighted by atomic mass is 15.1. The maximum atomic E-state index is 5.72. The Bertz CT molecular complexity index is 802. The molecule has 0 atom stereocenters.